The lowest BCUT2D eigenvalue weighted by molar-refractivity contribution is -0.0409. The van der Waals surface area contributed by atoms with E-state index in [-0.39, 0.29) is 48.3 Å². The number of β-amino-alcohol motifs (C(OH)–C–C–N with tert-alkyl or cyclic N) is 1. The largest absolute Gasteiger partial charge is 0.462 e. The highest BCUT2D eigenvalue weighted by Crippen LogP contribution is 2.31. The van der Waals surface area contributed by atoms with Gasteiger partial charge in [0.05, 0.1) is 25.1 Å². The van der Waals surface area contributed by atoms with E-state index in [1.165, 1.54) is 6.20 Å². The molecular formula is C19H24ClF2N5O3. The van der Waals surface area contributed by atoms with Crippen LogP contribution in [0.3, 0.4) is 0 Å². The summed E-state index contributed by atoms with van der Waals surface area (Å²) < 4.78 is 39.3. The van der Waals surface area contributed by atoms with Crippen LogP contribution in [0.25, 0.3) is 10.9 Å². The summed E-state index contributed by atoms with van der Waals surface area (Å²) in [5.74, 6) is -0.498. The molecule has 0 bridgehead atoms. The number of nitrogens with zero attached hydrogens (tertiary/aromatic N) is 5. The van der Waals surface area contributed by atoms with Crippen molar-refractivity contribution in [2.24, 2.45) is 0 Å². The SMILES string of the molecule is CN1CCC[C@H]1COc1nc(N2CCOCC(O)(CF)C2)c2cnc(Cl)c(F)c2n1. The topological polar surface area (TPSA) is 83.8 Å². The van der Waals surface area contributed by atoms with Crippen molar-refractivity contribution in [3.63, 3.8) is 0 Å². The Hall–Kier alpha value is -1.88. The number of fused-ring (bicyclic) bond motifs is 1. The zero-order valence-corrected chi connectivity index (χ0v) is 17.4. The van der Waals surface area contributed by atoms with Gasteiger partial charge in [-0.25, -0.2) is 13.8 Å². The minimum Gasteiger partial charge on any atom is -0.462 e. The smallest absolute Gasteiger partial charge is 0.319 e. The van der Waals surface area contributed by atoms with Crippen LogP contribution in [0, 0.1) is 5.82 Å². The molecular weight excluding hydrogens is 420 g/mol. The second kappa shape index (κ2) is 8.70. The second-order valence-corrected chi connectivity index (χ2v) is 8.23. The summed E-state index contributed by atoms with van der Waals surface area (Å²) in [5, 5.41) is 10.5. The van der Waals surface area contributed by atoms with Crippen molar-refractivity contribution in [3.05, 3.63) is 17.2 Å². The van der Waals surface area contributed by atoms with Gasteiger partial charge < -0.3 is 24.4 Å². The van der Waals surface area contributed by atoms with E-state index in [1.54, 1.807) is 4.90 Å². The standard InChI is InChI=1S/C19H24ClF2N5O3/c1-26-4-2-3-12(26)8-30-18-24-15-13(7-23-16(20)14(15)22)17(25-18)27-5-6-29-11-19(28,9-21)10-27/h7,12,28H,2-6,8-11H2,1H3/t12-,19?/m0/s1. The highest BCUT2D eigenvalue weighted by Gasteiger charge is 2.34. The van der Waals surface area contributed by atoms with Gasteiger partial charge in [0, 0.05) is 18.8 Å². The summed E-state index contributed by atoms with van der Waals surface area (Å²) >= 11 is 5.85. The molecule has 164 valence electrons. The Balaban J connectivity index is 1.72. The Morgan fingerprint density at radius 1 is 1.40 bits per heavy atom. The molecule has 1 N–H and O–H groups in total. The van der Waals surface area contributed by atoms with E-state index in [0.717, 1.165) is 19.4 Å². The van der Waals surface area contributed by atoms with Crippen LogP contribution in [0.1, 0.15) is 12.8 Å². The zero-order valence-electron chi connectivity index (χ0n) is 16.7. The number of pyridine rings is 1. The van der Waals surface area contributed by atoms with Gasteiger partial charge in [-0.05, 0) is 26.4 Å². The van der Waals surface area contributed by atoms with E-state index in [9.17, 15) is 13.9 Å². The second-order valence-electron chi connectivity index (χ2n) is 7.87. The van der Waals surface area contributed by atoms with E-state index in [0.29, 0.717) is 18.5 Å². The predicted molar refractivity (Wildman–Crippen MR) is 107 cm³/mol. The Morgan fingerprint density at radius 2 is 2.23 bits per heavy atom. The fourth-order valence-electron chi connectivity index (χ4n) is 3.84. The third-order valence-corrected chi connectivity index (χ3v) is 5.85. The molecule has 2 atom stereocenters. The maximum Gasteiger partial charge on any atom is 0.319 e. The van der Waals surface area contributed by atoms with Crippen LogP contribution in [0.2, 0.25) is 5.15 Å². The normalized spacial score (nSPS) is 25.6. The quantitative estimate of drug-likeness (QED) is 0.701. The van der Waals surface area contributed by atoms with Gasteiger partial charge in [0.2, 0.25) is 0 Å². The number of ether oxygens (including phenoxy) is 2. The van der Waals surface area contributed by atoms with E-state index >= 15 is 0 Å². The molecule has 8 nitrogen and oxygen atoms in total. The molecule has 0 saturated carbocycles. The Kier molecular flexibility index (Phi) is 6.19. The molecule has 2 aromatic rings. The summed E-state index contributed by atoms with van der Waals surface area (Å²) in [6.07, 6.45) is 3.44. The lowest BCUT2D eigenvalue weighted by Crippen LogP contribution is -2.46. The van der Waals surface area contributed by atoms with Crippen LogP contribution in [-0.2, 0) is 4.74 Å². The van der Waals surface area contributed by atoms with Crippen molar-refractivity contribution >= 4 is 28.3 Å². The van der Waals surface area contributed by atoms with Crippen LogP contribution in [-0.4, -0.2) is 89.8 Å². The average molecular weight is 444 g/mol. The average Bonchev–Trinajstić information content (AvgIpc) is 3.04. The van der Waals surface area contributed by atoms with Gasteiger partial charge >= 0.3 is 6.01 Å². The molecule has 0 spiro atoms. The Bertz CT molecular complexity index is 923. The molecule has 4 heterocycles. The third-order valence-electron chi connectivity index (χ3n) is 5.59. The summed E-state index contributed by atoms with van der Waals surface area (Å²) in [5.41, 5.74) is -1.73. The number of aliphatic hydroxyl groups is 1. The van der Waals surface area contributed by atoms with Crippen molar-refractivity contribution in [1.29, 1.82) is 0 Å². The van der Waals surface area contributed by atoms with Crippen LogP contribution in [0.15, 0.2) is 6.20 Å². The van der Waals surface area contributed by atoms with Gasteiger partial charge in [0.1, 0.15) is 30.2 Å². The highest BCUT2D eigenvalue weighted by molar-refractivity contribution is 6.30. The summed E-state index contributed by atoms with van der Waals surface area (Å²) in [7, 11) is 2.02. The van der Waals surface area contributed by atoms with Crippen LogP contribution < -0.4 is 9.64 Å². The molecule has 2 fully saturated rings. The molecule has 2 aliphatic heterocycles. The third kappa shape index (κ3) is 4.27. The first-order chi connectivity index (χ1) is 14.4. The number of alkyl halides is 1. The fraction of sp³-hybridized carbons (Fsp3) is 0.632. The number of hydrogen-bond acceptors (Lipinski definition) is 8. The van der Waals surface area contributed by atoms with Crippen LogP contribution >= 0.6 is 11.6 Å². The molecule has 0 aromatic carbocycles. The van der Waals surface area contributed by atoms with Crippen molar-refractivity contribution in [1.82, 2.24) is 19.9 Å². The van der Waals surface area contributed by atoms with Crippen molar-refractivity contribution < 1.29 is 23.4 Å². The number of likely N-dealkylation sites (N-methyl/N-ethyl adjacent to an activating group) is 1. The molecule has 2 aliphatic rings. The summed E-state index contributed by atoms with van der Waals surface area (Å²) in [6.45, 7) is 0.721. The lowest BCUT2D eigenvalue weighted by Gasteiger charge is -2.29. The van der Waals surface area contributed by atoms with Crippen molar-refractivity contribution in [2.75, 3.05) is 58.1 Å². The minimum atomic E-state index is -1.69. The molecule has 4 rings (SSSR count). The number of rotatable bonds is 5. The number of anilines is 1. The molecule has 1 unspecified atom stereocenters. The molecule has 0 radical (unpaired) electrons. The molecule has 11 heteroatoms. The fourth-order valence-corrected chi connectivity index (χ4v) is 3.98. The number of likely N-dealkylation sites (tertiary alicyclic amines) is 1. The molecule has 0 aliphatic carbocycles. The number of halogens is 3. The lowest BCUT2D eigenvalue weighted by atomic mass is 10.1. The van der Waals surface area contributed by atoms with E-state index in [1.807, 2.05) is 7.05 Å². The monoisotopic (exact) mass is 443 g/mol. The van der Waals surface area contributed by atoms with Crippen molar-refractivity contribution in [2.45, 2.75) is 24.5 Å². The molecule has 0 amide bonds. The first-order valence-corrected chi connectivity index (χ1v) is 10.2. The number of aromatic nitrogens is 3. The summed E-state index contributed by atoms with van der Waals surface area (Å²) in [6, 6.07) is 0.217. The van der Waals surface area contributed by atoms with E-state index in [2.05, 4.69) is 19.9 Å². The molecule has 2 aromatic heterocycles. The summed E-state index contributed by atoms with van der Waals surface area (Å²) in [4.78, 5) is 16.4. The highest BCUT2D eigenvalue weighted by atomic mass is 35.5. The van der Waals surface area contributed by atoms with E-state index < -0.39 is 18.1 Å². The van der Waals surface area contributed by atoms with Crippen molar-refractivity contribution in [3.8, 4) is 6.01 Å². The Morgan fingerprint density at radius 3 is 2.97 bits per heavy atom. The zero-order chi connectivity index (χ0) is 21.3. The van der Waals surface area contributed by atoms with Crippen LogP contribution in [0.5, 0.6) is 6.01 Å². The molecule has 2 saturated heterocycles. The van der Waals surface area contributed by atoms with Gasteiger partial charge in [0.25, 0.3) is 0 Å². The Labute approximate surface area is 177 Å². The van der Waals surface area contributed by atoms with Gasteiger partial charge in [-0.15, -0.1) is 0 Å². The maximum atomic E-state index is 14.7. The first-order valence-electron chi connectivity index (χ1n) is 9.86. The van der Waals surface area contributed by atoms with Gasteiger partial charge in [-0.1, -0.05) is 11.6 Å². The minimum absolute atomic E-state index is 0.00656. The van der Waals surface area contributed by atoms with Gasteiger partial charge in [-0.3, -0.25) is 0 Å². The number of hydrogen-bond donors (Lipinski definition) is 1. The van der Waals surface area contributed by atoms with E-state index in [4.69, 9.17) is 21.1 Å². The van der Waals surface area contributed by atoms with Gasteiger partial charge in [0.15, 0.2) is 11.0 Å². The molecule has 30 heavy (non-hydrogen) atoms. The maximum absolute atomic E-state index is 14.7. The van der Waals surface area contributed by atoms with Gasteiger partial charge in [-0.2, -0.15) is 9.97 Å². The first kappa shape index (κ1) is 21.4. The van der Waals surface area contributed by atoms with Crippen LogP contribution in [0.4, 0.5) is 14.6 Å². The predicted octanol–water partition coefficient (Wildman–Crippen LogP) is 1.83.